The molecular weight excluding hydrogens is 230 g/mol. The molecule has 3 N–H and O–H groups in total. The van der Waals surface area contributed by atoms with E-state index in [1.165, 1.54) is 6.92 Å². The molecule has 0 spiro atoms. The monoisotopic (exact) mass is 247 g/mol. The number of carbonyl (C=O) groups excluding carboxylic acids is 2. The maximum Gasteiger partial charge on any atom is 0.241 e. The first-order valence-corrected chi connectivity index (χ1v) is 6.07. The summed E-state index contributed by atoms with van der Waals surface area (Å²) in [7, 11) is 0. The first-order valence-electron chi connectivity index (χ1n) is 6.07. The molecule has 1 aliphatic heterocycles. The van der Waals surface area contributed by atoms with Gasteiger partial charge in [0.15, 0.2) is 0 Å². The third kappa shape index (κ3) is 3.30. The lowest BCUT2D eigenvalue weighted by Gasteiger charge is -2.12. The molecule has 5 nitrogen and oxygen atoms in total. The maximum atomic E-state index is 11.9. The lowest BCUT2D eigenvalue weighted by Crippen LogP contribution is -2.35. The van der Waals surface area contributed by atoms with Crippen LogP contribution >= 0.6 is 0 Å². The number of nitrogens with one attached hydrogen (secondary N) is 3. The number of amides is 2. The van der Waals surface area contributed by atoms with Crippen molar-refractivity contribution < 1.29 is 9.59 Å². The summed E-state index contributed by atoms with van der Waals surface area (Å²) >= 11 is 0. The van der Waals surface area contributed by atoms with Gasteiger partial charge in [0.2, 0.25) is 11.8 Å². The highest BCUT2D eigenvalue weighted by atomic mass is 16.2. The van der Waals surface area contributed by atoms with Crippen molar-refractivity contribution in [1.82, 2.24) is 5.32 Å². The Bertz CT molecular complexity index is 453. The summed E-state index contributed by atoms with van der Waals surface area (Å²) in [5.74, 6) is -0.150. The summed E-state index contributed by atoms with van der Waals surface area (Å²) in [5.41, 5.74) is 1.37. The first-order chi connectivity index (χ1) is 8.65. The van der Waals surface area contributed by atoms with Crippen molar-refractivity contribution in [1.29, 1.82) is 0 Å². The van der Waals surface area contributed by atoms with Gasteiger partial charge in [-0.15, -0.1) is 0 Å². The Morgan fingerprint density at radius 2 is 2.00 bits per heavy atom. The molecule has 1 unspecified atom stereocenters. The van der Waals surface area contributed by atoms with Crippen LogP contribution in [-0.2, 0) is 9.59 Å². The molecule has 2 amide bonds. The third-order valence-electron chi connectivity index (χ3n) is 2.83. The molecule has 0 aliphatic carbocycles. The molecule has 18 heavy (non-hydrogen) atoms. The van der Waals surface area contributed by atoms with Crippen molar-refractivity contribution in [3.8, 4) is 0 Å². The second-order valence-corrected chi connectivity index (χ2v) is 4.40. The van der Waals surface area contributed by atoms with E-state index in [4.69, 9.17) is 0 Å². The fraction of sp³-hybridized carbons (Fsp3) is 0.385. The minimum atomic E-state index is -0.129. The quantitative estimate of drug-likeness (QED) is 0.754. The third-order valence-corrected chi connectivity index (χ3v) is 2.83. The van der Waals surface area contributed by atoms with Crippen LogP contribution in [0.4, 0.5) is 11.4 Å². The van der Waals surface area contributed by atoms with E-state index in [1.807, 2.05) is 0 Å². The van der Waals surface area contributed by atoms with Gasteiger partial charge in [-0.25, -0.2) is 0 Å². The van der Waals surface area contributed by atoms with Crippen LogP contribution in [0.25, 0.3) is 0 Å². The highest BCUT2D eigenvalue weighted by Crippen LogP contribution is 2.16. The van der Waals surface area contributed by atoms with Crippen LogP contribution in [0.15, 0.2) is 24.3 Å². The SMILES string of the molecule is CC(=O)Nc1cccc(NC(=O)C2CCCN2)c1. The fourth-order valence-electron chi connectivity index (χ4n) is 2.02. The van der Waals surface area contributed by atoms with E-state index in [9.17, 15) is 9.59 Å². The predicted octanol–water partition coefficient (Wildman–Crippen LogP) is 1.34. The van der Waals surface area contributed by atoms with Crippen LogP contribution in [0.1, 0.15) is 19.8 Å². The normalized spacial score (nSPS) is 18.4. The topological polar surface area (TPSA) is 70.2 Å². The highest BCUT2D eigenvalue weighted by molar-refractivity contribution is 5.96. The molecule has 0 bridgehead atoms. The van der Waals surface area contributed by atoms with Gasteiger partial charge in [0.1, 0.15) is 0 Å². The van der Waals surface area contributed by atoms with Gasteiger partial charge in [-0.3, -0.25) is 9.59 Å². The molecule has 96 valence electrons. The molecule has 1 saturated heterocycles. The average molecular weight is 247 g/mol. The second kappa shape index (κ2) is 5.64. The molecule has 1 aliphatic rings. The zero-order valence-corrected chi connectivity index (χ0v) is 10.3. The van der Waals surface area contributed by atoms with Crippen LogP contribution in [0, 0.1) is 0 Å². The van der Waals surface area contributed by atoms with Crippen molar-refractivity contribution in [2.24, 2.45) is 0 Å². The first kappa shape index (κ1) is 12.6. The van der Waals surface area contributed by atoms with Crippen LogP contribution < -0.4 is 16.0 Å². The summed E-state index contributed by atoms with van der Waals surface area (Å²) in [6.45, 7) is 2.34. The Morgan fingerprint density at radius 1 is 1.28 bits per heavy atom. The molecule has 1 aromatic rings. The Kier molecular flexibility index (Phi) is 3.94. The molecule has 1 atom stereocenters. The number of benzene rings is 1. The summed E-state index contributed by atoms with van der Waals surface area (Å²) < 4.78 is 0. The highest BCUT2D eigenvalue weighted by Gasteiger charge is 2.21. The van der Waals surface area contributed by atoms with Crippen molar-refractivity contribution in [2.75, 3.05) is 17.2 Å². The lowest BCUT2D eigenvalue weighted by atomic mass is 10.2. The van der Waals surface area contributed by atoms with Gasteiger partial charge in [0.05, 0.1) is 6.04 Å². The Morgan fingerprint density at radius 3 is 2.61 bits per heavy atom. The van der Waals surface area contributed by atoms with Crippen LogP contribution in [0.5, 0.6) is 0 Å². The van der Waals surface area contributed by atoms with E-state index in [-0.39, 0.29) is 17.9 Å². The van der Waals surface area contributed by atoms with Crippen LogP contribution in [0.2, 0.25) is 0 Å². The summed E-state index contributed by atoms with van der Waals surface area (Å²) in [4.78, 5) is 22.8. The summed E-state index contributed by atoms with van der Waals surface area (Å²) in [6, 6.07) is 7.02. The Balaban J connectivity index is 2.00. The molecular formula is C13H17N3O2. The zero-order chi connectivity index (χ0) is 13.0. The smallest absolute Gasteiger partial charge is 0.241 e. The minimum absolute atomic E-state index is 0.0209. The number of rotatable bonds is 3. The molecule has 5 heteroatoms. The van der Waals surface area contributed by atoms with Crippen molar-refractivity contribution >= 4 is 23.2 Å². The van der Waals surface area contributed by atoms with Gasteiger partial charge in [-0.05, 0) is 37.6 Å². The Labute approximate surface area is 106 Å². The Hall–Kier alpha value is -1.88. The average Bonchev–Trinajstić information content (AvgIpc) is 2.81. The predicted molar refractivity (Wildman–Crippen MR) is 70.4 cm³/mol. The van der Waals surface area contributed by atoms with Gasteiger partial charge in [-0.2, -0.15) is 0 Å². The van der Waals surface area contributed by atoms with Crippen LogP contribution in [-0.4, -0.2) is 24.4 Å². The number of hydrogen-bond donors (Lipinski definition) is 3. The molecule has 0 saturated carbocycles. The number of carbonyl (C=O) groups is 2. The van der Waals surface area contributed by atoms with Gasteiger partial charge >= 0.3 is 0 Å². The second-order valence-electron chi connectivity index (χ2n) is 4.40. The van der Waals surface area contributed by atoms with Crippen LogP contribution in [0.3, 0.4) is 0 Å². The van der Waals surface area contributed by atoms with E-state index in [0.717, 1.165) is 19.4 Å². The van der Waals surface area contributed by atoms with Gasteiger partial charge in [-0.1, -0.05) is 6.07 Å². The van der Waals surface area contributed by atoms with Crippen molar-refractivity contribution in [3.63, 3.8) is 0 Å². The minimum Gasteiger partial charge on any atom is -0.326 e. The van der Waals surface area contributed by atoms with E-state index in [0.29, 0.717) is 11.4 Å². The maximum absolute atomic E-state index is 11.9. The molecule has 0 radical (unpaired) electrons. The van der Waals surface area contributed by atoms with E-state index < -0.39 is 0 Å². The van der Waals surface area contributed by atoms with Gasteiger partial charge in [0, 0.05) is 18.3 Å². The lowest BCUT2D eigenvalue weighted by molar-refractivity contribution is -0.117. The molecule has 1 fully saturated rings. The van der Waals surface area contributed by atoms with E-state index in [2.05, 4.69) is 16.0 Å². The molecule has 1 heterocycles. The largest absolute Gasteiger partial charge is 0.326 e. The summed E-state index contributed by atoms with van der Waals surface area (Å²) in [6.07, 6.45) is 1.90. The fourth-order valence-corrected chi connectivity index (χ4v) is 2.02. The van der Waals surface area contributed by atoms with Crippen molar-refractivity contribution in [2.45, 2.75) is 25.8 Å². The number of hydrogen-bond acceptors (Lipinski definition) is 3. The summed E-state index contributed by atoms with van der Waals surface area (Å²) in [5, 5.41) is 8.67. The molecule has 2 rings (SSSR count). The van der Waals surface area contributed by atoms with E-state index >= 15 is 0 Å². The zero-order valence-electron chi connectivity index (χ0n) is 10.3. The van der Waals surface area contributed by atoms with Crippen molar-refractivity contribution in [3.05, 3.63) is 24.3 Å². The standard InChI is InChI=1S/C13H17N3O2/c1-9(17)15-10-4-2-5-11(8-10)16-13(18)12-6-3-7-14-12/h2,4-5,8,12,14H,3,6-7H2,1H3,(H,15,17)(H,16,18). The number of anilines is 2. The molecule has 0 aromatic heterocycles. The van der Waals surface area contributed by atoms with Gasteiger partial charge < -0.3 is 16.0 Å². The molecule has 1 aromatic carbocycles. The van der Waals surface area contributed by atoms with Gasteiger partial charge in [0.25, 0.3) is 0 Å². The van der Waals surface area contributed by atoms with E-state index in [1.54, 1.807) is 24.3 Å².